The van der Waals surface area contributed by atoms with Gasteiger partial charge in [0.25, 0.3) is 0 Å². The number of methoxy groups -OCH3 is 2. The van der Waals surface area contributed by atoms with E-state index < -0.39 is 5.60 Å². The predicted octanol–water partition coefficient (Wildman–Crippen LogP) is 7.53. The molecule has 206 valence electrons. The highest BCUT2D eigenvalue weighted by molar-refractivity contribution is 6.21. The third-order valence-electron chi connectivity index (χ3n) is 8.15. The standard InChI is InChI=1S/C33H37ClFNO3/c1-32(2)22-39-33(25-11-13-26(35)14-12-25,28-21-30(38-4)29(37-3)20-27(28)32)16-8-17-36-18-15-24(19-31(36)34)23-9-6-5-7-10-23/h5-7,9-15,20-21,31H,8,16-19,22H2,1-4H3. The van der Waals surface area contributed by atoms with Gasteiger partial charge in [-0.2, -0.15) is 0 Å². The quantitative estimate of drug-likeness (QED) is 0.215. The van der Waals surface area contributed by atoms with Crippen LogP contribution in [0.25, 0.3) is 5.57 Å². The van der Waals surface area contributed by atoms with E-state index in [9.17, 15) is 4.39 Å². The molecule has 2 aliphatic rings. The van der Waals surface area contributed by atoms with E-state index in [1.54, 1.807) is 14.2 Å². The Kier molecular flexibility index (Phi) is 8.04. The van der Waals surface area contributed by atoms with Gasteiger partial charge in [0.15, 0.2) is 11.5 Å². The van der Waals surface area contributed by atoms with Crippen molar-refractivity contribution in [2.24, 2.45) is 0 Å². The van der Waals surface area contributed by atoms with Crippen LogP contribution in [0.3, 0.4) is 0 Å². The smallest absolute Gasteiger partial charge is 0.161 e. The highest BCUT2D eigenvalue weighted by Gasteiger charge is 2.46. The van der Waals surface area contributed by atoms with Gasteiger partial charge in [0.2, 0.25) is 0 Å². The SMILES string of the molecule is COc1cc2c(cc1OC)C(CCCN1CC=C(c3ccccc3)CC1Cl)(c1ccc(F)cc1)OCC2(C)C. The Morgan fingerprint density at radius 2 is 1.64 bits per heavy atom. The lowest BCUT2D eigenvalue weighted by atomic mass is 9.70. The fraction of sp³-hybridized carbons (Fsp3) is 0.394. The Labute approximate surface area is 236 Å². The molecule has 2 aliphatic heterocycles. The highest BCUT2D eigenvalue weighted by Crippen LogP contribution is 2.51. The highest BCUT2D eigenvalue weighted by atomic mass is 35.5. The van der Waals surface area contributed by atoms with Gasteiger partial charge < -0.3 is 14.2 Å². The lowest BCUT2D eigenvalue weighted by molar-refractivity contribution is -0.0633. The number of benzene rings is 3. The first-order chi connectivity index (χ1) is 18.8. The Bertz CT molecular complexity index is 1320. The number of rotatable bonds is 8. The zero-order valence-corrected chi connectivity index (χ0v) is 23.9. The maximum Gasteiger partial charge on any atom is 0.161 e. The van der Waals surface area contributed by atoms with Crippen LogP contribution in [0.1, 0.15) is 55.4 Å². The second kappa shape index (κ2) is 11.3. The Morgan fingerprint density at radius 1 is 0.974 bits per heavy atom. The molecule has 4 nitrogen and oxygen atoms in total. The Balaban J connectivity index is 1.45. The van der Waals surface area contributed by atoms with Crippen LogP contribution < -0.4 is 9.47 Å². The average Bonchev–Trinajstić information content (AvgIpc) is 2.95. The summed E-state index contributed by atoms with van der Waals surface area (Å²) in [7, 11) is 3.30. The van der Waals surface area contributed by atoms with E-state index in [1.807, 2.05) is 24.3 Å². The van der Waals surface area contributed by atoms with Gasteiger partial charge >= 0.3 is 0 Å². The molecule has 0 spiro atoms. The summed E-state index contributed by atoms with van der Waals surface area (Å²) >= 11 is 6.89. The van der Waals surface area contributed by atoms with Crippen LogP contribution in [0.5, 0.6) is 11.5 Å². The number of ether oxygens (including phenoxy) is 3. The van der Waals surface area contributed by atoms with Crippen molar-refractivity contribution in [2.75, 3.05) is 33.9 Å². The van der Waals surface area contributed by atoms with Crippen LogP contribution >= 0.6 is 11.6 Å². The molecule has 0 radical (unpaired) electrons. The van der Waals surface area contributed by atoms with Crippen molar-refractivity contribution in [3.63, 3.8) is 0 Å². The van der Waals surface area contributed by atoms with E-state index in [0.717, 1.165) is 42.6 Å². The van der Waals surface area contributed by atoms with Gasteiger partial charge in [0.05, 0.1) is 26.3 Å². The molecule has 0 aromatic heterocycles. The summed E-state index contributed by atoms with van der Waals surface area (Å²) in [6, 6.07) is 21.3. The van der Waals surface area contributed by atoms with E-state index in [2.05, 4.69) is 55.2 Å². The molecule has 3 aromatic rings. The molecule has 0 saturated carbocycles. The number of halogens is 2. The van der Waals surface area contributed by atoms with Crippen LogP contribution in [0, 0.1) is 5.82 Å². The van der Waals surface area contributed by atoms with Crippen LogP contribution in [-0.2, 0) is 15.8 Å². The minimum Gasteiger partial charge on any atom is -0.493 e. The van der Waals surface area contributed by atoms with Crippen molar-refractivity contribution in [3.05, 3.63) is 101 Å². The molecule has 5 rings (SSSR count). The third-order valence-corrected chi connectivity index (χ3v) is 8.58. The Hall–Kier alpha value is -2.86. The molecule has 6 heteroatoms. The van der Waals surface area contributed by atoms with E-state index in [4.69, 9.17) is 25.8 Å². The molecule has 0 N–H and O–H groups in total. The number of fused-ring (bicyclic) bond motifs is 1. The molecule has 2 unspecified atom stereocenters. The number of hydrogen-bond acceptors (Lipinski definition) is 4. The maximum atomic E-state index is 14.0. The maximum absolute atomic E-state index is 14.0. The number of alkyl halides is 1. The minimum atomic E-state index is -0.749. The second-order valence-electron chi connectivity index (χ2n) is 11.1. The lowest BCUT2D eigenvalue weighted by Crippen LogP contribution is -2.45. The number of nitrogens with zero attached hydrogens (tertiary/aromatic N) is 1. The van der Waals surface area contributed by atoms with Gasteiger partial charge in [-0.1, -0.05) is 62.4 Å². The number of hydrogen-bond donors (Lipinski definition) is 0. The van der Waals surface area contributed by atoms with Gasteiger partial charge in [-0.3, -0.25) is 4.90 Å². The first kappa shape index (κ1) is 27.7. The van der Waals surface area contributed by atoms with Crippen LogP contribution in [0.15, 0.2) is 72.8 Å². The summed E-state index contributed by atoms with van der Waals surface area (Å²) < 4.78 is 32.2. The molecule has 0 saturated heterocycles. The first-order valence-electron chi connectivity index (χ1n) is 13.6. The summed E-state index contributed by atoms with van der Waals surface area (Å²) in [6.07, 6.45) is 4.66. The van der Waals surface area contributed by atoms with E-state index in [-0.39, 0.29) is 16.7 Å². The zero-order chi connectivity index (χ0) is 27.6. The Morgan fingerprint density at radius 3 is 2.28 bits per heavy atom. The van der Waals surface area contributed by atoms with Crippen LogP contribution in [0.2, 0.25) is 0 Å². The zero-order valence-electron chi connectivity index (χ0n) is 23.2. The molecule has 0 amide bonds. The molecular weight excluding hydrogens is 513 g/mol. The van der Waals surface area contributed by atoms with Gasteiger partial charge in [0.1, 0.15) is 11.4 Å². The van der Waals surface area contributed by atoms with Gasteiger partial charge in [-0.25, -0.2) is 4.39 Å². The molecule has 2 heterocycles. The predicted molar refractivity (Wildman–Crippen MR) is 155 cm³/mol. The summed E-state index contributed by atoms with van der Waals surface area (Å²) in [5, 5.41) is 0. The first-order valence-corrected chi connectivity index (χ1v) is 14.0. The van der Waals surface area contributed by atoms with Crippen LogP contribution in [0.4, 0.5) is 4.39 Å². The largest absolute Gasteiger partial charge is 0.493 e. The van der Waals surface area contributed by atoms with E-state index in [0.29, 0.717) is 24.5 Å². The minimum absolute atomic E-state index is 0.0742. The summed E-state index contributed by atoms with van der Waals surface area (Å²) in [6.45, 7) is 6.50. The molecule has 3 aromatic carbocycles. The van der Waals surface area contributed by atoms with E-state index >= 15 is 0 Å². The lowest BCUT2D eigenvalue weighted by Gasteiger charge is -2.46. The second-order valence-corrected chi connectivity index (χ2v) is 11.6. The average molecular weight is 550 g/mol. The van der Waals surface area contributed by atoms with Gasteiger partial charge in [-0.15, -0.1) is 11.6 Å². The third kappa shape index (κ3) is 5.45. The fourth-order valence-corrected chi connectivity index (χ4v) is 6.27. The van der Waals surface area contributed by atoms with Crippen molar-refractivity contribution in [3.8, 4) is 11.5 Å². The summed E-state index contributed by atoms with van der Waals surface area (Å²) in [5.74, 6) is 1.08. The van der Waals surface area contributed by atoms with E-state index in [1.165, 1.54) is 23.3 Å². The van der Waals surface area contributed by atoms with Crippen molar-refractivity contribution in [1.82, 2.24) is 4.90 Å². The van der Waals surface area contributed by atoms with Crippen LogP contribution in [-0.4, -0.2) is 44.3 Å². The molecule has 0 bridgehead atoms. The molecular formula is C33H37ClFNO3. The summed E-state index contributed by atoms with van der Waals surface area (Å²) in [4.78, 5) is 2.31. The van der Waals surface area contributed by atoms with Gasteiger partial charge in [0, 0.05) is 24.9 Å². The molecule has 0 aliphatic carbocycles. The van der Waals surface area contributed by atoms with Crippen molar-refractivity contribution < 1.29 is 18.6 Å². The fourth-order valence-electron chi connectivity index (χ4n) is 5.93. The van der Waals surface area contributed by atoms with Crippen molar-refractivity contribution in [1.29, 1.82) is 0 Å². The molecule has 39 heavy (non-hydrogen) atoms. The normalized spacial score (nSPS) is 22.6. The van der Waals surface area contributed by atoms with Gasteiger partial charge in [-0.05, 0) is 64.9 Å². The molecule has 2 atom stereocenters. The summed E-state index contributed by atoms with van der Waals surface area (Å²) in [5.41, 5.74) is 4.59. The molecule has 0 fully saturated rings. The monoisotopic (exact) mass is 549 g/mol. The van der Waals surface area contributed by atoms with Crippen molar-refractivity contribution in [2.45, 2.75) is 49.6 Å². The van der Waals surface area contributed by atoms with Crippen molar-refractivity contribution >= 4 is 17.2 Å². The topological polar surface area (TPSA) is 30.9 Å².